The van der Waals surface area contributed by atoms with E-state index in [-0.39, 0.29) is 6.54 Å². The second-order valence-corrected chi connectivity index (χ2v) is 7.81. The summed E-state index contributed by atoms with van der Waals surface area (Å²) in [6, 6.07) is 16.0. The molecule has 0 saturated carbocycles. The van der Waals surface area contributed by atoms with Crippen LogP contribution in [0.1, 0.15) is 17.5 Å². The number of hydrogen-bond donors (Lipinski definition) is 2. The first kappa shape index (κ1) is 22.6. The average molecular weight is 425 g/mol. The fourth-order valence-electron chi connectivity index (χ4n) is 3.62. The fraction of sp³-hybridized carbons (Fsp3) is 0.417. The molecule has 3 rings (SSSR count). The lowest BCUT2D eigenvalue weighted by molar-refractivity contribution is -0.139. The number of carbonyl (C=O) groups excluding carboxylic acids is 2. The van der Waals surface area contributed by atoms with Crippen molar-refractivity contribution in [2.45, 2.75) is 19.4 Å². The van der Waals surface area contributed by atoms with Gasteiger partial charge in [-0.2, -0.15) is 0 Å². The molecule has 0 bridgehead atoms. The lowest BCUT2D eigenvalue weighted by atomic mass is 10.1. The van der Waals surface area contributed by atoms with Gasteiger partial charge in [-0.1, -0.05) is 30.3 Å². The normalized spacial score (nSPS) is 14.2. The number of amides is 2. The summed E-state index contributed by atoms with van der Waals surface area (Å²) >= 11 is 0. The molecule has 1 saturated heterocycles. The lowest BCUT2D eigenvalue weighted by Crippen LogP contribution is -2.44. The number of benzene rings is 2. The molecule has 0 atom stereocenters. The number of piperazine rings is 1. The van der Waals surface area contributed by atoms with Crippen LogP contribution in [0.4, 0.5) is 5.69 Å². The van der Waals surface area contributed by atoms with E-state index < -0.39 is 11.8 Å². The molecular weight excluding hydrogens is 392 g/mol. The number of carbonyl (C=O) groups is 2. The molecule has 0 unspecified atom stereocenters. The Labute approximate surface area is 184 Å². The molecule has 2 aromatic rings. The molecule has 7 nitrogen and oxygen atoms in total. The van der Waals surface area contributed by atoms with E-state index in [0.29, 0.717) is 12.3 Å². The third kappa shape index (κ3) is 6.72. The molecule has 0 aromatic heterocycles. The number of likely N-dealkylation sites (N-methyl/N-ethyl adjacent to an activating group) is 1. The monoisotopic (exact) mass is 424 g/mol. The zero-order chi connectivity index (χ0) is 22.1. The van der Waals surface area contributed by atoms with Crippen LogP contribution in [0.15, 0.2) is 48.5 Å². The minimum atomic E-state index is -0.637. The Morgan fingerprint density at radius 3 is 2.32 bits per heavy atom. The smallest absolute Gasteiger partial charge is 0.309 e. The Morgan fingerprint density at radius 2 is 1.61 bits per heavy atom. The summed E-state index contributed by atoms with van der Waals surface area (Å²) in [6.07, 6.45) is 1.63. The predicted octanol–water partition coefficient (Wildman–Crippen LogP) is 1.81. The van der Waals surface area contributed by atoms with Gasteiger partial charge in [0.15, 0.2) is 0 Å². The average Bonchev–Trinajstić information content (AvgIpc) is 2.81. The molecule has 1 fully saturated rings. The summed E-state index contributed by atoms with van der Waals surface area (Å²) < 4.78 is 5.25. The highest BCUT2D eigenvalue weighted by Gasteiger charge is 2.15. The van der Waals surface area contributed by atoms with Gasteiger partial charge in [0.25, 0.3) is 0 Å². The standard InChI is InChI=1S/C24H32N4O3/c1-27-14-16-28(17-15-27)21-11-9-19(10-12-21)6-5-13-25-23(29)24(30)26-18-20-7-3-4-8-22(20)31-2/h3-4,7-12H,5-6,13-18H2,1-2H3,(H,25,29)(H,26,30). The molecule has 1 aliphatic heterocycles. The van der Waals surface area contributed by atoms with Gasteiger partial charge >= 0.3 is 11.8 Å². The maximum absolute atomic E-state index is 12.0. The number of hydrogen-bond acceptors (Lipinski definition) is 5. The number of nitrogens with one attached hydrogen (secondary N) is 2. The summed E-state index contributed by atoms with van der Waals surface area (Å²) in [7, 11) is 3.73. The Bertz CT molecular complexity index is 861. The number of anilines is 1. The van der Waals surface area contributed by atoms with E-state index >= 15 is 0 Å². The highest BCUT2D eigenvalue weighted by molar-refractivity contribution is 6.35. The van der Waals surface area contributed by atoms with E-state index in [1.807, 2.05) is 24.3 Å². The summed E-state index contributed by atoms with van der Waals surface area (Å²) in [4.78, 5) is 28.8. The van der Waals surface area contributed by atoms with Crippen molar-refractivity contribution in [2.75, 3.05) is 51.8 Å². The molecule has 0 spiro atoms. The number of rotatable bonds is 8. The molecule has 7 heteroatoms. The second-order valence-electron chi connectivity index (χ2n) is 7.81. The van der Waals surface area contributed by atoms with E-state index in [1.54, 1.807) is 7.11 Å². The van der Waals surface area contributed by atoms with Gasteiger partial charge in [0.1, 0.15) is 5.75 Å². The molecule has 0 radical (unpaired) electrons. The van der Waals surface area contributed by atoms with Crippen LogP contribution in [0.5, 0.6) is 5.75 Å². The van der Waals surface area contributed by atoms with Gasteiger partial charge in [-0.3, -0.25) is 9.59 Å². The third-order valence-corrected chi connectivity index (χ3v) is 5.57. The van der Waals surface area contributed by atoms with Crippen LogP contribution in [0.2, 0.25) is 0 Å². The van der Waals surface area contributed by atoms with Crippen LogP contribution < -0.4 is 20.3 Å². The quantitative estimate of drug-likeness (QED) is 0.500. The largest absolute Gasteiger partial charge is 0.496 e. The molecule has 2 N–H and O–H groups in total. The number of para-hydroxylation sites is 1. The van der Waals surface area contributed by atoms with Crippen molar-refractivity contribution in [1.29, 1.82) is 0 Å². The molecule has 2 aromatic carbocycles. The van der Waals surface area contributed by atoms with Gasteiger partial charge in [-0.25, -0.2) is 0 Å². The molecule has 31 heavy (non-hydrogen) atoms. The first-order valence-corrected chi connectivity index (χ1v) is 10.8. The Morgan fingerprint density at radius 1 is 0.935 bits per heavy atom. The third-order valence-electron chi connectivity index (χ3n) is 5.57. The van der Waals surface area contributed by atoms with Crippen LogP contribution in [0.3, 0.4) is 0 Å². The van der Waals surface area contributed by atoms with Gasteiger partial charge in [0.2, 0.25) is 0 Å². The molecule has 1 aliphatic rings. The number of aryl methyl sites for hydroxylation is 1. The first-order chi connectivity index (χ1) is 15.1. The van der Waals surface area contributed by atoms with Crippen LogP contribution in [0, 0.1) is 0 Å². The molecular formula is C24H32N4O3. The van der Waals surface area contributed by atoms with E-state index in [4.69, 9.17) is 4.74 Å². The van der Waals surface area contributed by atoms with Crippen molar-refractivity contribution in [3.05, 3.63) is 59.7 Å². The predicted molar refractivity (Wildman–Crippen MR) is 122 cm³/mol. The maximum atomic E-state index is 12.0. The number of nitrogens with zero attached hydrogens (tertiary/aromatic N) is 2. The zero-order valence-electron chi connectivity index (χ0n) is 18.4. The van der Waals surface area contributed by atoms with Crippen LogP contribution in [-0.4, -0.2) is 63.6 Å². The van der Waals surface area contributed by atoms with Gasteiger partial charge in [-0.15, -0.1) is 0 Å². The Kier molecular flexibility index (Phi) is 8.29. The Balaban J connectivity index is 1.35. The zero-order valence-corrected chi connectivity index (χ0v) is 18.4. The van der Waals surface area contributed by atoms with Crippen molar-refractivity contribution in [3.8, 4) is 5.75 Å². The van der Waals surface area contributed by atoms with E-state index in [0.717, 1.165) is 44.6 Å². The van der Waals surface area contributed by atoms with Gasteiger partial charge in [0, 0.05) is 50.5 Å². The van der Waals surface area contributed by atoms with Crippen molar-refractivity contribution < 1.29 is 14.3 Å². The summed E-state index contributed by atoms with van der Waals surface area (Å²) in [5, 5.41) is 5.32. The molecule has 2 amide bonds. The van der Waals surface area contributed by atoms with E-state index in [1.165, 1.54) is 11.3 Å². The minimum Gasteiger partial charge on any atom is -0.496 e. The van der Waals surface area contributed by atoms with Crippen LogP contribution in [-0.2, 0) is 22.6 Å². The van der Waals surface area contributed by atoms with Crippen LogP contribution in [0.25, 0.3) is 0 Å². The van der Waals surface area contributed by atoms with Gasteiger partial charge in [-0.05, 0) is 43.7 Å². The SMILES string of the molecule is COc1ccccc1CNC(=O)C(=O)NCCCc1ccc(N2CCN(C)CC2)cc1. The maximum Gasteiger partial charge on any atom is 0.309 e. The van der Waals surface area contributed by atoms with Gasteiger partial charge < -0.3 is 25.2 Å². The highest BCUT2D eigenvalue weighted by Crippen LogP contribution is 2.18. The summed E-state index contributed by atoms with van der Waals surface area (Å²) in [5.74, 6) is -0.565. The van der Waals surface area contributed by atoms with Gasteiger partial charge in [0.05, 0.1) is 7.11 Å². The number of methoxy groups -OCH3 is 1. The molecule has 166 valence electrons. The van der Waals surface area contributed by atoms with Crippen molar-refractivity contribution in [1.82, 2.24) is 15.5 Å². The highest BCUT2D eigenvalue weighted by atomic mass is 16.5. The van der Waals surface area contributed by atoms with Crippen molar-refractivity contribution in [3.63, 3.8) is 0 Å². The van der Waals surface area contributed by atoms with Crippen molar-refractivity contribution in [2.24, 2.45) is 0 Å². The summed E-state index contributed by atoms with van der Waals surface area (Å²) in [6.45, 7) is 5.00. The van der Waals surface area contributed by atoms with E-state index in [9.17, 15) is 9.59 Å². The first-order valence-electron chi connectivity index (χ1n) is 10.8. The molecule has 1 heterocycles. The topological polar surface area (TPSA) is 73.9 Å². The summed E-state index contributed by atoms with van der Waals surface area (Å²) in [5.41, 5.74) is 3.32. The minimum absolute atomic E-state index is 0.246. The second kappa shape index (κ2) is 11.4. The van der Waals surface area contributed by atoms with Crippen LogP contribution >= 0.6 is 0 Å². The van der Waals surface area contributed by atoms with Crippen molar-refractivity contribution >= 4 is 17.5 Å². The Hall–Kier alpha value is -3.06. The number of ether oxygens (including phenoxy) is 1. The lowest BCUT2D eigenvalue weighted by Gasteiger charge is -2.34. The fourth-order valence-corrected chi connectivity index (χ4v) is 3.62. The molecule has 0 aliphatic carbocycles. The van der Waals surface area contributed by atoms with E-state index in [2.05, 4.69) is 51.7 Å².